The van der Waals surface area contributed by atoms with Crippen LogP contribution in [0.3, 0.4) is 0 Å². The lowest BCUT2D eigenvalue weighted by Crippen LogP contribution is -2.31. The van der Waals surface area contributed by atoms with Gasteiger partial charge in [0.05, 0.1) is 11.9 Å². The molecular weight excluding hydrogens is 289 g/mol. The summed E-state index contributed by atoms with van der Waals surface area (Å²) in [6, 6.07) is -0.725. The zero-order valence-electron chi connectivity index (χ0n) is 11.0. The van der Waals surface area contributed by atoms with Gasteiger partial charge in [-0.3, -0.25) is 9.78 Å². The van der Waals surface area contributed by atoms with Crippen molar-refractivity contribution in [2.75, 3.05) is 11.9 Å². The second-order valence-corrected chi connectivity index (χ2v) is 4.30. The number of hydrogen-bond acceptors (Lipinski definition) is 3. The molecule has 10 heteroatoms. The third kappa shape index (κ3) is 3.97. The molecule has 0 unspecified atom stereocenters. The summed E-state index contributed by atoms with van der Waals surface area (Å²) in [7, 11) is 1.34. The van der Waals surface area contributed by atoms with Crippen molar-refractivity contribution in [2.24, 2.45) is 7.05 Å². The number of carbonyl (C=O) groups is 1. The number of aryl methyl sites for hydroxylation is 1. The molecule has 0 aliphatic heterocycles. The van der Waals surface area contributed by atoms with Crippen LogP contribution in [0.25, 0.3) is 0 Å². The highest BCUT2D eigenvalue weighted by atomic mass is 19.4. The Balaban J connectivity index is 1.90. The van der Waals surface area contributed by atoms with Crippen molar-refractivity contribution in [3.05, 3.63) is 29.8 Å². The number of rotatable bonds is 4. The number of carbonyl (C=O) groups excluding carboxylic acids is 1. The van der Waals surface area contributed by atoms with Gasteiger partial charge in [0.15, 0.2) is 5.69 Å². The van der Waals surface area contributed by atoms with Crippen molar-refractivity contribution >= 4 is 11.7 Å². The number of halogens is 3. The number of nitrogens with one attached hydrogen (secondary N) is 3. The second-order valence-electron chi connectivity index (χ2n) is 4.30. The normalized spacial score (nSPS) is 11.4. The predicted molar refractivity (Wildman–Crippen MR) is 67.5 cm³/mol. The van der Waals surface area contributed by atoms with Crippen molar-refractivity contribution in [2.45, 2.75) is 12.6 Å². The summed E-state index contributed by atoms with van der Waals surface area (Å²) in [6.07, 6.45) is 0.257. The molecule has 2 aromatic rings. The molecule has 0 aliphatic carbocycles. The van der Waals surface area contributed by atoms with Gasteiger partial charge < -0.3 is 10.6 Å². The van der Waals surface area contributed by atoms with Crippen LogP contribution in [0.1, 0.15) is 11.3 Å². The topological polar surface area (TPSA) is 87.6 Å². The van der Waals surface area contributed by atoms with E-state index in [1.54, 1.807) is 12.4 Å². The van der Waals surface area contributed by atoms with E-state index in [0.717, 1.165) is 16.4 Å². The first-order valence-electron chi connectivity index (χ1n) is 5.99. The van der Waals surface area contributed by atoms with Gasteiger partial charge in [0.2, 0.25) is 0 Å². The monoisotopic (exact) mass is 302 g/mol. The van der Waals surface area contributed by atoms with E-state index in [4.69, 9.17) is 0 Å². The maximum Gasteiger partial charge on any atom is 0.437 e. The second kappa shape index (κ2) is 5.85. The molecule has 0 radical (unpaired) electrons. The lowest BCUT2D eigenvalue weighted by Gasteiger charge is -2.08. The van der Waals surface area contributed by atoms with Crippen molar-refractivity contribution in [1.29, 1.82) is 0 Å². The van der Waals surface area contributed by atoms with Gasteiger partial charge in [-0.15, -0.1) is 0 Å². The van der Waals surface area contributed by atoms with Gasteiger partial charge in [-0.1, -0.05) is 0 Å². The molecule has 2 heterocycles. The Hall–Kier alpha value is -2.52. The van der Waals surface area contributed by atoms with Crippen molar-refractivity contribution in [1.82, 2.24) is 25.3 Å². The summed E-state index contributed by atoms with van der Waals surface area (Å²) in [5.74, 6) is 0. The molecule has 0 bridgehead atoms. The first kappa shape index (κ1) is 14.9. The number of nitrogens with zero attached hydrogens (tertiary/aromatic N) is 3. The Labute approximate surface area is 117 Å². The molecule has 21 heavy (non-hydrogen) atoms. The zero-order chi connectivity index (χ0) is 15.5. The molecule has 0 atom stereocenters. The molecule has 114 valence electrons. The molecule has 0 saturated heterocycles. The molecule has 0 fully saturated rings. The molecule has 0 saturated carbocycles. The maximum atomic E-state index is 12.7. The number of anilines is 1. The Morgan fingerprint density at radius 1 is 1.48 bits per heavy atom. The number of alkyl halides is 3. The molecule has 0 aromatic carbocycles. The number of aromatic nitrogens is 4. The van der Waals surface area contributed by atoms with Gasteiger partial charge >= 0.3 is 12.2 Å². The standard InChI is InChI=1S/C11H13F3N6O/c1-20-6-8(9(19-20)11(12,13)14)18-10(21)15-3-2-7-4-16-17-5-7/h4-6H,2-3H2,1H3,(H,16,17)(H2,15,18,21). The summed E-state index contributed by atoms with van der Waals surface area (Å²) < 4.78 is 39.1. The Morgan fingerprint density at radius 2 is 2.24 bits per heavy atom. The van der Waals surface area contributed by atoms with Gasteiger partial charge in [0.1, 0.15) is 0 Å². The average molecular weight is 302 g/mol. The van der Waals surface area contributed by atoms with E-state index in [1.807, 2.05) is 0 Å². The van der Waals surface area contributed by atoms with E-state index in [9.17, 15) is 18.0 Å². The third-order valence-electron chi connectivity index (χ3n) is 2.60. The molecule has 0 aliphatic rings. The van der Waals surface area contributed by atoms with Crippen LogP contribution >= 0.6 is 0 Å². The Kier molecular flexibility index (Phi) is 4.15. The van der Waals surface area contributed by atoms with Gasteiger partial charge in [0.25, 0.3) is 0 Å². The van der Waals surface area contributed by atoms with Crippen LogP contribution in [0.4, 0.5) is 23.7 Å². The SMILES string of the molecule is Cn1cc(NC(=O)NCCc2cn[nH]c2)c(C(F)(F)F)n1. The molecule has 2 amide bonds. The van der Waals surface area contributed by atoms with Gasteiger partial charge in [-0.05, 0) is 12.0 Å². The van der Waals surface area contributed by atoms with E-state index >= 15 is 0 Å². The minimum atomic E-state index is -4.62. The van der Waals surface area contributed by atoms with E-state index in [1.165, 1.54) is 7.05 Å². The summed E-state index contributed by atoms with van der Waals surface area (Å²) in [4.78, 5) is 11.6. The van der Waals surface area contributed by atoms with Crippen LogP contribution in [-0.4, -0.2) is 32.6 Å². The summed E-state index contributed by atoms with van der Waals surface area (Å²) in [6.45, 7) is 0.271. The largest absolute Gasteiger partial charge is 0.437 e. The van der Waals surface area contributed by atoms with E-state index in [-0.39, 0.29) is 12.2 Å². The molecule has 0 spiro atoms. The van der Waals surface area contributed by atoms with Crippen molar-refractivity contribution in [3.8, 4) is 0 Å². The van der Waals surface area contributed by atoms with Crippen LogP contribution in [0, 0.1) is 0 Å². The highest BCUT2D eigenvalue weighted by molar-refractivity contribution is 5.89. The lowest BCUT2D eigenvalue weighted by molar-refractivity contribution is -0.140. The Morgan fingerprint density at radius 3 is 2.86 bits per heavy atom. The van der Waals surface area contributed by atoms with Crippen molar-refractivity contribution in [3.63, 3.8) is 0 Å². The highest BCUT2D eigenvalue weighted by Gasteiger charge is 2.37. The molecule has 7 nitrogen and oxygen atoms in total. The lowest BCUT2D eigenvalue weighted by atomic mass is 10.2. The molecule has 3 N–H and O–H groups in total. The number of H-pyrrole nitrogens is 1. The van der Waals surface area contributed by atoms with Crippen LogP contribution in [0.15, 0.2) is 18.6 Å². The molecular formula is C11H13F3N6O. The summed E-state index contributed by atoms with van der Waals surface area (Å²) in [5.41, 5.74) is -0.631. The number of aromatic amines is 1. The highest BCUT2D eigenvalue weighted by Crippen LogP contribution is 2.33. The minimum absolute atomic E-state index is 0.271. The summed E-state index contributed by atoms with van der Waals surface area (Å²) >= 11 is 0. The van der Waals surface area contributed by atoms with E-state index in [2.05, 4.69) is 25.9 Å². The summed E-state index contributed by atoms with van der Waals surface area (Å²) in [5, 5.41) is 14.3. The fourth-order valence-corrected chi connectivity index (χ4v) is 1.69. The first-order chi connectivity index (χ1) is 9.86. The van der Waals surface area contributed by atoms with E-state index < -0.39 is 17.9 Å². The van der Waals surface area contributed by atoms with Crippen LogP contribution < -0.4 is 10.6 Å². The Bertz CT molecular complexity index is 604. The van der Waals surface area contributed by atoms with Gasteiger partial charge in [0, 0.05) is 26.0 Å². The fourth-order valence-electron chi connectivity index (χ4n) is 1.69. The number of amides is 2. The van der Waals surface area contributed by atoms with Crippen molar-refractivity contribution < 1.29 is 18.0 Å². The predicted octanol–water partition coefficient (Wildman–Crippen LogP) is 1.53. The van der Waals surface area contributed by atoms with Crippen LogP contribution in [0.5, 0.6) is 0 Å². The third-order valence-corrected chi connectivity index (χ3v) is 2.60. The average Bonchev–Trinajstić information content (AvgIpc) is 2.98. The van der Waals surface area contributed by atoms with Gasteiger partial charge in [-0.2, -0.15) is 23.4 Å². The maximum absolute atomic E-state index is 12.7. The minimum Gasteiger partial charge on any atom is -0.338 e. The molecule has 2 rings (SSSR count). The van der Waals surface area contributed by atoms with Crippen LogP contribution in [-0.2, 0) is 19.6 Å². The molecule has 2 aromatic heterocycles. The number of urea groups is 1. The zero-order valence-corrected chi connectivity index (χ0v) is 11.0. The quantitative estimate of drug-likeness (QED) is 0.800. The number of hydrogen-bond donors (Lipinski definition) is 3. The van der Waals surface area contributed by atoms with Gasteiger partial charge in [-0.25, -0.2) is 4.79 Å². The fraction of sp³-hybridized carbons (Fsp3) is 0.364. The van der Waals surface area contributed by atoms with Crippen LogP contribution in [0.2, 0.25) is 0 Å². The van der Waals surface area contributed by atoms with E-state index in [0.29, 0.717) is 6.42 Å². The smallest absolute Gasteiger partial charge is 0.338 e. The first-order valence-corrected chi connectivity index (χ1v) is 5.99.